The van der Waals surface area contributed by atoms with Gasteiger partial charge in [0.15, 0.2) is 11.6 Å². The Morgan fingerprint density at radius 2 is 1.87 bits per heavy atom. The van der Waals surface area contributed by atoms with E-state index in [-0.39, 0.29) is 29.7 Å². The molecule has 0 spiro atoms. The lowest BCUT2D eigenvalue weighted by molar-refractivity contribution is -0.153. The van der Waals surface area contributed by atoms with Crippen molar-refractivity contribution in [2.45, 2.75) is 44.9 Å². The maximum atomic E-state index is 12.2. The standard InChI is InChI=1S/C27H29N7O4/c1-16-8-23(24(13-28-16)38-22-10-20-14-37-15-21(11-22)34(20)17(2)35)18-6-7-33-19(9-18)12-26(31-33)29-25-4-5-27(36)32(3)30-25/h4-9,12-13,20-22H,10-11,14-15H2,1-3H3,(H,29,30,31). The van der Waals surface area contributed by atoms with Crippen molar-refractivity contribution in [2.75, 3.05) is 18.5 Å². The third-order valence-corrected chi connectivity index (χ3v) is 7.13. The summed E-state index contributed by atoms with van der Waals surface area (Å²) in [5.74, 6) is 1.95. The number of morpholine rings is 1. The van der Waals surface area contributed by atoms with Crippen LogP contribution in [0.5, 0.6) is 5.75 Å². The van der Waals surface area contributed by atoms with Crippen molar-refractivity contribution < 1.29 is 14.3 Å². The second-order valence-electron chi connectivity index (χ2n) is 9.92. The summed E-state index contributed by atoms with van der Waals surface area (Å²) in [6.07, 6.45) is 5.10. The highest BCUT2D eigenvalue weighted by Crippen LogP contribution is 2.35. The smallest absolute Gasteiger partial charge is 0.266 e. The minimum absolute atomic E-state index is 0.0300. The van der Waals surface area contributed by atoms with Crippen LogP contribution in [-0.2, 0) is 16.6 Å². The average molecular weight is 516 g/mol. The predicted octanol–water partition coefficient (Wildman–Crippen LogP) is 2.70. The van der Waals surface area contributed by atoms with E-state index in [4.69, 9.17) is 9.47 Å². The molecule has 6 rings (SSSR count). The molecule has 1 amide bonds. The fraction of sp³-hybridized carbons (Fsp3) is 0.370. The van der Waals surface area contributed by atoms with Crippen LogP contribution in [0.15, 0.2) is 53.6 Å². The summed E-state index contributed by atoms with van der Waals surface area (Å²) in [6, 6.07) is 11.1. The quantitative estimate of drug-likeness (QED) is 0.431. The van der Waals surface area contributed by atoms with Crippen molar-refractivity contribution in [1.82, 2.24) is 29.3 Å². The normalized spacial score (nSPS) is 20.9. The molecule has 4 aromatic heterocycles. The summed E-state index contributed by atoms with van der Waals surface area (Å²) >= 11 is 0. The lowest BCUT2D eigenvalue weighted by Crippen LogP contribution is -2.60. The van der Waals surface area contributed by atoms with E-state index >= 15 is 0 Å². The van der Waals surface area contributed by atoms with Gasteiger partial charge in [0, 0.05) is 56.4 Å². The Balaban J connectivity index is 1.26. The van der Waals surface area contributed by atoms with Crippen molar-refractivity contribution in [1.29, 1.82) is 0 Å². The van der Waals surface area contributed by atoms with E-state index in [2.05, 4.69) is 26.6 Å². The Morgan fingerprint density at radius 1 is 1.08 bits per heavy atom. The number of ether oxygens (including phenoxy) is 2. The average Bonchev–Trinajstić information content (AvgIpc) is 3.28. The molecule has 0 aromatic carbocycles. The van der Waals surface area contributed by atoms with Crippen LogP contribution in [0.25, 0.3) is 16.6 Å². The van der Waals surface area contributed by atoms with Gasteiger partial charge in [0.25, 0.3) is 5.56 Å². The topological polar surface area (TPSA) is 116 Å². The maximum Gasteiger partial charge on any atom is 0.266 e. The number of anilines is 2. The van der Waals surface area contributed by atoms with Gasteiger partial charge in [-0.15, -0.1) is 0 Å². The summed E-state index contributed by atoms with van der Waals surface area (Å²) in [4.78, 5) is 30.3. The van der Waals surface area contributed by atoms with E-state index in [9.17, 15) is 9.59 Å². The summed E-state index contributed by atoms with van der Waals surface area (Å²) in [5.41, 5.74) is 3.53. The molecule has 0 aliphatic carbocycles. The number of amides is 1. The Labute approximate surface area is 219 Å². The van der Waals surface area contributed by atoms with Gasteiger partial charge in [0.05, 0.1) is 37.0 Å². The summed E-state index contributed by atoms with van der Waals surface area (Å²) in [6.45, 7) is 4.66. The van der Waals surface area contributed by atoms with Gasteiger partial charge in [0.1, 0.15) is 11.9 Å². The van der Waals surface area contributed by atoms with Crippen molar-refractivity contribution in [3.05, 3.63) is 64.8 Å². The number of rotatable bonds is 5. The van der Waals surface area contributed by atoms with Crippen molar-refractivity contribution >= 4 is 23.1 Å². The second kappa shape index (κ2) is 9.56. The van der Waals surface area contributed by atoms with E-state index < -0.39 is 0 Å². The Morgan fingerprint density at radius 3 is 2.61 bits per heavy atom. The van der Waals surface area contributed by atoms with Crippen LogP contribution in [0.1, 0.15) is 25.5 Å². The number of carbonyl (C=O) groups is 1. The Hall–Kier alpha value is -4.25. The molecule has 38 heavy (non-hydrogen) atoms. The molecule has 11 heteroatoms. The molecule has 2 fully saturated rings. The number of nitrogens with zero attached hydrogens (tertiary/aromatic N) is 6. The van der Waals surface area contributed by atoms with Crippen LogP contribution >= 0.6 is 0 Å². The molecule has 0 saturated carbocycles. The fourth-order valence-electron chi connectivity index (χ4n) is 5.45. The SMILES string of the molecule is CC(=O)N1C2COCC1CC(Oc1cnc(C)cc1-c1ccn3nc(Nc4ccc(=O)n(C)n4)cc3c1)C2. The summed E-state index contributed by atoms with van der Waals surface area (Å²) in [7, 11) is 1.60. The zero-order chi connectivity index (χ0) is 26.4. The van der Waals surface area contributed by atoms with Gasteiger partial charge in [0.2, 0.25) is 5.91 Å². The molecule has 11 nitrogen and oxygen atoms in total. The van der Waals surface area contributed by atoms with Gasteiger partial charge in [-0.25, -0.2) is 9.20 Å². The van der Waals surface area contributed by atoms with E-state index in [1.807, 2.05) is 36.2 Å². The fourth-order valence-corrected chi connectivity index (χ4v) is 5.45. The maximum absolute atomic E-state index is 12.2. The van der Waals surface area contributed by atoms with Gasteiger partial charge < -0.3 is 19.7 Å². The lowest BCUT2D eigenvalue weighted by atomic mass is 9.91. The molecule has 1 N–H and O–H groups in total. The number of pyridine rings is 2. The third kappa shape index (κ3) is 4.60. The first-order valence-electron chi connectivity index (χ1n) is 12.6. The van der Waals surface area contributed by atoms with Crippen LogP contribution in [0.2, 0.25) is 0 Å². The number of aryl methyl sites for hydroxylation is 2. The highest BCUT2D eigenvalue weighted by Gasteiger charge is 2.41. The van der Waals surface area contributed by atoms with E-state index in [1.54, 1.807) is 30.8 Å². The van der Waals surface area contributed by atoms with Gasteiger partial charge >= 0.3 is 0 Å². The highest BCUT2D eigenvalue weighted by molar-refractivity contribution is 5.76. The molecule has 2 unspecified atom stereocenters. The number of piperidine rings is 1. The van der Waals surface area contributed by atoms with Crippen LogP contribution in [-0.4, -0.2) is 66.6 Å². The summed E-state index contributed by atoms with van der Waals surface area (Å²) in [5, 5.41) is 11.9. The number of carbonyl (C=O) groups excluding carboxylic acids is 1. The zero-order valence-electron chi connectivity index (χ0n) is 21.5. The van der Waals surface area contributed by atoms with Crippen LogP contribution in [0.4, 0.5) is 11.6 Å². The molecule has 2 aliphatic heterocycles. The van der Waals surface area contributed by atoms with Crippen LogP contribution < -0.4 is 15.6 Å². The van der Waals surface area contributed by atoms with Gasteiger partial charge in [-0.2, -0.15) is 10.2 Å². The molecular weight excluding hydrogens is 486 g/mol. The molecule has 2 saturated heterocycles. The van der Waals surface area contributed by atoms with Crippen molar-refractivity contribution in [3.63, 3.8) is 0 Å². The Bertz CT molecular complexity index is 1570. The number of hydrogen-bond donors (Lipinski definition) is 1. The minimum Gasteiger partial charge on any atom is -0.488 e. The molecule has 2 bridgehead atoms. The van der Waals surface area contributed by atoms with E-state index in [1.165, 1.54) is 10.7 Å². The number of hydrogen-bond acceptors (Lipinski definition) is 8. The number of nitrogens with one attached hydrogen (secondary N) is 1. The predicted molar refractivity (Wildman–Crippen MR) is 140 cm³/mol. The van der Waals surface area contributed by atoms with E-state index in [0.29, 0.717) is 30.6 Å². The van der Waals surface area contributed by atoms with E-state index in [0.717, 1.165) is 35.2 Å². The Kier molecular flexibility index (Phi) is 6.07. The third-order valence-electron chi connectivity index (χ3n) is 7.13. The van der Waals surface area contributed by atoms with Gasteiger partial charge in [-0.1, -0.05) is 0 Å². The zero-order valence-corrected chi connectivity index (χ0v) is 21.5. The first-order chi connectivity index (χ1) is 18.3. The highest BCUT2D eigenvalue weighted by atomic mass is 16.5. The van der Waals surface area contributed by atoms with Gasteiger partial charge in [-0.3, -0.25) is 14.6 Å². The first kappa shape index (κ1) is 24.1. The molecule has 2 atom stereocenters. The monoisotopic (exact) mass is 515 g/mol. The molecule has 6 heterocycles. The van der Waals surface area contributed by atoms with Crippen LogP contribution in [0.3, 0.4) is 0 Å². The molecule has 0 radical (unpaired) electrons. The minimum atomic E-state index is -0.179. The lowest BCUT2D eigenvalue weighted by Gasteiger charge is -2.47. The molecule has 4 aromatic rings. The van der Waals surface area contributed by atoms with Gasteiger partial charge in [-0.05, 0) is 36.8 Å². The molecular formula is C27H29N7O4. The molecule has 196 valence electrons. The van der Waals surface area contributed by atoms with Crippen LogP contribution in [0, 0.1) is 6.92 Å². The number of fused-ring (bicyclic) bond motifs is 3. The molecule has 2 aliphatic rings. The number of aromatic nitrogens is 5. The largest absolute Gasteiger partial charge is 0.488 e. The van der Waals surface area contributed by atoms with Crippen molar-refractivity contribution in [3.8, 4) is 16.9 Å². The first-order valence-corrected chi connectivity index (χ1v) is 12.6. The summed E-state index contributed by atoms with van der Waals surface area (Å²) < 4.78 is 15.3. The van der Waals surface area contributed by atoms with Crippen molar-refractivity contribution in [2.24, 2.45) is 7.05 Å². The second-order valence-corrected chi connectivity index (χ2v) is 9.92.